The molecule has 144 valence electrons. The van der Waals surface area contributed by atoms with Crippen LogP contribution in [0.4, 0.5) is 5.82 Å². The molecule has 0 bridgehead atoms. The first-order chi connectivity index (χ1) is 12.7. The number of nitrogens with one attached hydrogen (secondary N) is 2. The van der Waals surface area contributed by atoms with E-state index in [1.165, 1.54) is 6.42 Å². The van der Waals surface area contributed by atoms with Crippen LogP contribution >= 0.6 is 0 Å². The fraction of sp³-hybridized carbons (Fsp3) is 0.700. The molecular weight excluding hydrogens is 328 g/mol. The zero-order valence-corrected chi connectivity index (χ0v) is 15.8. The summed E-state index contributed by atoms with van der Waals surface area (Å²) in [6, 6.07) is 4.47. The number of aromatic nitrogens is 1. The van der Waals surface area contributed by atoms with Crippen LogP contribution in [0.1, 0.15) is 62.2 Å². The van der Waals surface area contributed by atoms with Gasteiger partial charge in [-0.3, -0.25) is 9.69 Å². The van der Waals surface area contributed by atoms with Gasteiger partial charge in [-0.1, -0.05) is 19.8 Å². The van der Waals surface area contributed by atoms with E-state index in [2.05, 4.69) is 20.5 Å². The summed E-state index contributed by atoms with van der Waals surface area (Å²) in [5.41, 5.74) is 0.602. The number of hydrogen-bond acceptors (Lipinski definition) is 5. The normalized spacial score (nSPS) is 25.0. The van der Waals surface area contributed by atoms with Gasteiger partial charge < -0.3 is 15.7 Å². The summed E-state index contributed by atoms with van der Waals surface area (Å²) in [6.45, 7) is 4.77. The van der Waals surface area contributed by atoms with Gasteiger partial charge in [0.25, 0.3) is 5.91 Å². The number of likely N-dealkylation sites (tertiary alicyclic amines) is 1. The number of carbonyl (C=O) groups excluding carboxylic acids is 1. The Morgan fingerprint density at radius 3 is 2.65 bits per heavy atom. The third-order valence-corrected chi connectivity index (χ3v) is 5.61. The van der Waals surface area contributed by atoms with E-state index in [0.29, 0.717) is 24.2 Å². The zero-order valence-electron chi connectivity index (χ0n) is 15.8. The number of piperidine rings is 1. The summed E-state index contributed by atoms with van der Waals surface area (Å²) in [4.78, 5) is 18.8. The van der Waals surface area contributed by atoms with Gasteiger partial charge in [0.2, 0.25) is 0 Å². The lowest BCUT2D eigenvalue weighted by molar-refractivity contribution is 0.00992. The molecule has 2 atom stereocenters. The van der Waals surface area contributed by atoms with E-state index in [1.54, 1.807) is 6.20 Å². The van der Waals surface area contributed by atoms with Crippen molar-refractivity contribution in [1.82, 2.24) is 15.2 Å². The van der Waals surface area contributed by atoms with Gasteiger partial charge in [0, 0.05) is 37.9 Å². The van der Waals surface area contributed by atoms with E-state index < -0.39 is 0 Å². The molecule has 1 aromatic rings. The molecule has 1 saturated carbocycles. The Bertz CT molecular complexity index is 570. The van der Waals surface area contributed by atoms with Gasteiger partial charge >= 0.3 is 0 Å². The molecule has 1 aliphatic carbocycles. The maximum absolute atomic E-state index is 11.9. The number of amides is 1. The van der Waals surface area contributed by atoms with E-state index >= 15 is 0 Å². The van der Waals surface area contributed by atoms with Crippen LogP contribution < -0.4 is 10.6 Å². The highest BCUT2D eigenvalue weighted by Crippen LogP contribution is 2.26. The lowest BCUT2D eigenvalue weighted by Gasteiger charge is -2.41. The van der Waals surface area contributed by atoms with E-state index in [9.17, 15) is 9.90 Å². The molecule has 6 heteroatoms. The summed E-state index contributed by atoms with van der Waals surface area (Å²) >= 11 is 0. The molecule has 2 heterocycles. The highest BCUT2D eigenvalue weighted by atomic mass is 16.3. The predicted molar refractivity (Wildman–Crippen MR) is 103 cm³/mol. The largest absolute Gasteiger partial charge is 0.391 e. The Balaban J connectivity index is 1.46. The molecule has 1 aromatic heterocycles. The van der Waals surface area contributed by atoms with Crippen molar-refractivity contribution in [2.45, 2.75) is 70.1 Å². The minimum Gasteiger partial charge on any atom is -0.391 e. The molecule has 1 amide bonds. The van der Waals surface area contributed by atoms with Crippen LogP contribution in [-0.4, -0.2) is 58.7 Å². The number of rotatable bonds is 6. The van der Waals surface area contributed by atoms with Gasteiger partial charge in [-0.25, -0.2) is 4.98 Å². The van der Waals surface area contributed by atoms with Gasteiger partial charge in [-0.15, -0.1) is 0 Å². The van der Waals surface area contributed by atoms with E-state index in [1.807, 2.05) is 19.1 Å². The third-order valence-electron chi connectivity index (χ3n) is 5.61. The van der Waals surface area contributed by atoms with E-state index in [-0.39, 0.29) is 12.0 Å². The number of aliphatic hydroxyl groups excluding tert-OH is 1. The quantitative estimate of drug-likeness (QED) is 0.726. The number of carbonyl (C=O) groups is 1. The van der Waals surface area contributed by atoms with Crippen molar-refractivity contribution < 1.29 is 9.90 Å². The summed E-state index contributed by atoms with van der Waals surface area (Å²) in [5, 5.41) is 16.6. The lowest BCUT2D eigenvalue weighted by atomic mass is 9.89. The molecule has 2 unspecified atom stereocenters. The number of hydrogen-bond donors (Lipinski definition) is 3. The Morgan fingerprint density at radius 1 is 1.23 bits per heavy atom. The molecule has 26 heavy (non-hydrogen) atoms. The van der Waals surface area contributed by atoms with Crippen molar-refractivity contribution >= 4 is 11.7 Å². The van der Waals surface area contributed by atoms with E-state index in [4.69, 9.17) is 0 Å². The van der Waals surface area contributed by atoms with Crippen LogP contribution in [0, 0.1) is 0 Å². The predicted octanol–water partition coefficient (Wildman–Crippen LogP) is 2.40. The van der Waals surface area contributed by atoms with Gasteiger partial charge in [0.1, 0.15) is 5.82 Å². The first-order valence-corrected chi connectivity index (χ1v) is 10.1. The molecule has 3 N–H and O–H groups in total. The monoisotopic (exact) mass is 360 g/mol. The molecule has 0 aromatic carbocycles. The summed E-state index contributed by atoms with van der Waals surface area (Å²) < 4.78 is 0. The average molecular weight is 361 g/mol. The van der Waals surface area contributed by atoms with Gasteiger partial charge in [-0.2, -0.15) is 0 Å². The highest BCUT2D eigenvalue weighted by molar-refractivity contribution is 5.94. The SMILES string of the molecule is CCCNC(=O)c1ccc(NC2CCN(C3CCCCC3O)CC2)nc1. The second kappa shape index (κ2) is 9.33. The maximum atomic E-state index is 11.9. The van der Waals surface area contributed by atoms with Crippen LogP contribution in [0.2, 0.25) is 0 Å². The number of anilines is 1. The van der Waals surface area contributed by atoms with E-state index in [0.717, 1.165) is 57.4 Å². The van der Waals surface area contributed by atoms with Gasteiger partial charge in [0.05, 0.1) is 11.7 Å². The average Bonchev–Trinajstić information content (AvgIpc) is 2.68. The molecule has 1 saturated heterocycles. The van der Waals surface area contributed by atoms with Crippen LogP contribution in [0.25, 0.3) is 0 Å². The second-order valence-electron chi connectivity index (χ2n) is 7.56. The van der Waals surface area contributed by atoms with Crippen molar-refractivity contribution in [1.29, 1.82) is 0 Å². The Morgan fingerprint density at radius 2 is 2.00 bits per heavy atom. The minimum atomic E-state index is -0.152. The third kappa shape index (κ3) is 4.95. The van der Waals surface area contributed by atoms with Crippen molar-refractivity contribution in [2.24, 2.45) is 0 Å². The van der Waals surface area contributed by atoms with Gasteiger partial charge in [0.15, 0.2) is 0 Å². The minimum absolute atomic E-state index is 0.0646. The van der Waals surface area contributed by atoms with Crippen LogP contribution in [0.3, 0.4) is 0 Å². The first-order valence-electron chi connectivity index (χ1n) is 10.1. The zero-order chi connectivity index (χ0) is 18.4. The van der Waals surface area contributed by atoms with Crippen LogP contribution in [-0.2, 0) is 0 Å². The number of pyridine rings is 1. The maximum Gasteiger partial charge on any atom is 0.252 e. The van der Waals surface area contributed by atoms with Crippen molar-refractivity contribution in [3.63, 3.8) is 0 Å². The summed E-state index contributed by atoms with van der Waals surface area (Å²) in [7, 11) is 0. The molecular formula is C20H32N4O2. The number of nitrogens with zero attached hydrogens (tertiary/aromatic N) is 2. The number of aliphatic hydroxyl groups is 1. The fourth-order valence-electron chi connectivity index (χ4n) is 4.06. The smallest absolute Gasteiger partial charge is 0.252 e. The molecule has 3 rings (SSSR count). The standard InChI is InChI=1S/C20H32N4O2/c1-2-11-21-20(26)15-7-8-19(22-14-15)23-16-9-12-24(13-10-16)17-5-3-4-6-18(17)25/h7-8,14,16-18,25H,2-6,9-13H2,1H3,(H,21,26)(H,22,23). The molecule has 1 aliphatic heterocycles. The molecule has 0 spiro atoms. The van der Waals surface area contributed by atoms with Crippen LogP contribution in [0.15, 0.2) is 18.3 Å². The molecule has 0 radical (unpaired) electrons. The Hall–Kier alpha value is -1.66. The van der Waals surface area contributed by atoms with Crippen LogP contribution in [0.5, 0.6) is 0 Å². The summed E-state index contributed by atoms with van der Waals surface area (Å²) in [6.07, 6.45) is 9.01. The van der Waals surface area contributed by atoms with Crippen molar-refractivity contribution in [3.8, 4) is 0 Å². The van der Waals surface area contributed by atoms with Crippen molar-refractivity contribution in [2.75, 3.05) is 25.0 Å². The topological polar surface area (TPSA) is 77.5 Å². The highest BCUT2D eigenvalue weighted by Gasteiger charge is 2.31. The molecule has 2 fully saturated rings. The Labute approximate surface area is 156 Å². The first kappa shape index (κ1) is 19.1. The van der Waals surface area contributed by atoms with Crippen molar-refractivity contribution in [3.05, 3.63) is 23.9 Å². The second-order valence-corrected chi connectivity index (χ2v) is 7.56. The summed E-state index contributed by atoms with van der Waals surface area (Å²) in [5.74, 6) is 0.762. The van der Waals surface area contributed by atoms with Gasteiger partial charge in [-0.05, 0) is 44.2 Å². The fourth-order valence-corrected chi connectivity index (χ4v) is 4.06. The Kier molecular flexibility index (Phi) is 6.86. The lowest BCUT2D eigenvalue weighted by Crippen LogP contribution is -2.50. The molecule has 2 aliphatic rings. The molecule has 6 nitrogen and oxygen atoms in total.